The first-order valence-corrected chi connectivity index (χ1v) is 11.2. The second kappa shape index (κ2) is 8.86. The van der Waals surface area contributed by atoms with E-state index in [0.717, 1.165) is 27.7 Å². The molecule has 2 aromatic carbocycles. The highest BCUT2D eigenvalue weighted by Gasteiger charge is 2.44. The standard InChI is InChI=1S/C24H26BrN3O4/c1-13(2)10-17-20-21(27-26-17)24(29)28(22(20)15-8-6-7-9-16(15)25)14-11-18(30-3)23(32-5)19(12-14)31-4/h6-9,11-13,22H,10H2,1-5H3,(H,26,27). The number of aromatic amines is 1. The molecule has 1 amide bonds. The van der Waals surface area contributed by atoms with Crippen LogP contribution < -0.4 is 19.1 Å². The highest BCUT2D eigenvalue weighted by Crippen LogP contribution is 2.48. The summed E-state index contributed by atoms with van der Waals surface area (Å²) in [7, 11) is 4.67. The minimum Gasteiger partial charge on any atom is -0.493 e. The highest BCUT2D eigenvalue weighted by atomic mass is 79.9. The highest BCUT2D eigenvalue weighted by molar-refractivity contribution is 9.10. The molecular weight excluding hydrogens is 474 g/mol. The van der Waals surface area contributed by atoms with Crippen molar-refractivity contribution in [2.75, 3.05) is 26.2 Å². The minimum absolute atomic E-state index is 0.179. The molecule has 7 nitrogen and oxygen atoms in total. The zero-order valence-electron chi connectivity index (χ0n) is 18.7. The molecule has 3 aromatic rings. The van der Waals surface area contributed by atoms with Crippen molar-refractivity contribution in [2.45, 2.75) is 26.3 Å². The number of fused-ring (bicyclic) bond motifs is 1. The van der Waals surface area contributed by atoms with Crippen molar-refractivity contribution in [3.8, 4) is 17.2 Å². The Morgan fingerprint density at radius 1 is 1.09 bits per heavy atom. The van der Waals surface area contributed by atoms with E-state index in [1.807, 2.05) is 24.3 Å². The van der Waals surface area contributed by atoms with Gasteiger partial charge in [0.05, 0.1) is 33.1 Å². The normalized spacial score (nSPS) is 15.3. The molecule has 8 heteroatoms. The number of hydrogen-bond acceptors (Lipinski definition) is 5. The molecule has 4 rings (SSSR count). The Labute approximate surface area is 195 Å². The van der Waals surface area contributed by atoms with Crippen LogP contribution in [0.15, 0.2) is 40.9 Å². The van der Waals surface area contributed by atoms with Crippen molar-refractivity contribution >= 4 is 27.5 Å². The molecular formula is C24H26BrN3O4. The summed E-state index contributed by atoms with van der Waals surface area (Å²) >= 11 is 3.68. The van der Waals surface area contributed by atoms with Gasteiger partial charge in [0.25, 0.3) is 5.91 Å². The van der Waals surface area contributed by atoms with E-state index in [0.29, 0.717) is 34.5 Å². The summed E-state index contributed by atoms with van der Waals surface area (Å²) in [6.07, 6.45) is 0.791. The molecule has 0 saturated carbocycles. The first-order chi connectivity index (χ1) is 15.4. The van der Waals surface area contributed by atoms with E-state index in [-0.39, 0.29) is 11.9 Å². The van der Waals surface area contributed by atoms with Gasteiger partial charge in [0.2, 0.25) is 5.75 Å². The number of hydrogen-bond donors (Lipinski definition) is 1. The lowest BCUT2D eigenvalue weighted by Gasteiger charge is -2.28. The van der Waals surface area contributed by atoms with E-state index >= 15 is 0 Å². The Kier molecular flexibility index (Phi) is 6.15. The van der Waals surface area contributed by atoms with E-state index in [1.54, 1.807) is 38.4 Å². The lowest BCUT2D eigenvalue weighted by molar-refractivity contribution is 0.0988. The average molecular weight is 500 g/mol. The third kappa shape index (κ3) is 3.62. The van der Waals surface area contributed by atoms with Gasteiger partial charge in [0.1, 0.15) is 0 Å². The summed E-state index contributed by atoms with van der Waals surface area (Å²) in [4.78, 5) is 15.4. The fourth-order valence-electron chi connectivity index (χ4n) is 4.23. The number of rotatable bonds is 7. The summed E-state index contributed by atoms with van der Waals surface area (Å²) in [5.41, 5.74) is 3.93. The number of nitrogens with one attached hydrogen (secondary N) is 1. The summed E-state index contributed by atoms with van der Waals surface area (Å²) in [6, 6.07) is 11.2. The number of aromatic nitrogens is 2. The zero-order chi connectivity index (χ0) is 23.0. The van der Waals surface area contributed by atoms with Crippen LogP contribution in [0.4, 0.5) is 5.69 Å². The SMILES string of the molecule is COc1cc(N2C(=O)c3n[nH]c(CC(C)C)c3C2c2ccccc2Br)cc(OC)c1OC. The van der Waals surface area contributed by atoms with Crippen LogP contribution >= 0.6 is 15.9 Å². The van der Waals surface area contributed by atoms with E-state index in [1.165, 1.54) is 0 Å². The summed E-state index contributed by atoms with van der Waals surface area (Å²) in [5, 5.41) is 7.52. The van der Waals surface area contributed by atoms with Crippen molar-refractivity contribution in [3.63, 3.8) is 0 Å². The Morgan fingerprint density at radius 2 is 1.75 bits per heavy atom. The predicted octanol–water partition coefficient (Wildman–Crippen LogP) is 5.15. The van der Waals surface area contributed by atoms with Crippen LogP contribution in [0.5, 0.6) is 17.2 Å². The van der Waals surface area contributed by atoms with Gasteiger partial charge in [-0.25, -0.2) is 0 Å². The number of methoxy groups -OCH3 is 3. The molecule has 32 heavy (non-hydrogen) atoms. The van der Waals surface area contributed by atoms with Crippen LogP contribution in [-0.2, 0) is 6.42 Å². The lowest BCUT2D eigenvalue weighted by atomic mass is 9.95. The lowest BCUT2D eigenvalue weighted by Crippen LogP contribution is -2.30. The molecule has 2 heterocycles. The van der Waals surface area contributed by atoms with Crippen molar-refractivity contribution in [1.82, 2.24) is 10.2 Å². The fraction of sp³-hybridized carbons (Fsp3) is 0.333. The molecule has 0 spiro atoms. The number of nitrogens with zero attached hydrogens (tertiary/aromatic N) is 2. The second-order valence-corrected chi connectivity index (χ2v) is 8.90. The largest absolute Gasteiger partial charge is 0.493 e. The predicted molar refractivity (Wildman–Crippen MR) is 126 cm³/mol. The van der Waals surface area contributed by atoms with E-state index in [2.05, 4.69) is 40.0 Å². The molecule has 1 aliphatic heterocycles. The van der Waals surface area contributed by atoms with Crippen LogP contribution in [0.1, 0.15) is 47.2 Å². The molecule has 1 aliphatic rings. The van der Waals surface area contributed by atoms with Crippen LogP contribution in [0.2, 0.25) is 0 Å². The van der Waals surface area contributed by atoms with Gasteiger partial charge in [-0.15, -0.1) is 0 Å². The maximum absolute atomic E-state index is 13.7. The number of anilines is 1. The Balaban J connectivity index is 1.95. The molecule has 0 radical (unpaired) electrons. The van der Waals surface area contributed by atoms with Gasteiger partial charge >= 0.3 is 0 Å². The monoisotopic (exact) mass is 499 g/mol. The molecule has 0 saturated heterocycles. The molecule has 0 fully saturated rings. The number of H-pyrrole nitrogens is 1. The Bertz CT molecular complexity index is 1130. The van der Waals surface area contributed by atoms with Crippen molar-refractivity contribution in [1.29, 1.82) is 0 Å². The molecule has 168 valence electrons. The molecule has 0 aliphatic carbocycles. The summed E-state index contributed by atoms with van der Waals surface area (Å²) in [5.74, 6) is 1.66. The Morgan fingerprint density at radius 3 is 2.31 bits per heavy atom. The van der Waals surface area contributed by atoms with Crippen LogP contribution in [-0.4, -0.2) is 37.4 Å². The zero-order valence-corrected chi connectivity index (χ0v) is 20.3. The number of carbonyl (C=O) groups is 1. The number of benzene rings is 2. The third-order valence-electron chi connectivity index (χ3n) is 5.58. The van der Waals surface area contributed by atoms with Gasteiger partial charge in [-0.2, -0.15) is 5.10 Å². The topological polar surface area (TPSA) is 76.7 Å². The molecule has 1 N–H and O–H groups in total. The van der Waals surface area contributed by atoms with Crippen molar-refractivity contribution in [3.05, 3.63) is 63.4 Å². The molecule has 1 aromatic heterocycles. The second-order valence-electron chi connectivity index (χ2n) is 8.05. The van der Waals surface area contributed by atoms with E-state index < -0.39 is 0 Å². The smallest absolute Gasteiger partial charge is 0.280 e. The van der Waals surface area contributed by atoms with Gasteiger partial charge in [-0.05, 0) is 24.0 Å². The maximum Gasteiger partial charge on any atom is 0.280 e. The number of carbonyl (C=O) groups excluding carboxylic acids is 1. The third-order valence-corrected chi connectivity index (χ3v) is 6.30. The van der Waals surface area contributed by atoms with Crippen LogP contribution in [0.25, 0.3) is 0 Å². The van der Waals surface area contributed by atoms with Crippen molar-refractivity contribution in [2.24, 2.45) is 5.92 Å². The molecule has 0 bridgehead atoms. The van der Waals surface area contributed by atoms with Gasteiger partial charge in [-0.1, -0.05) is 48.0 Å². The van der Waals surface area contributed by atoms with Gasteiger partial charge in [0.15, 0.2) is 17.2 Å². The summed E-state index contributed by atoms with van der Waals surface area (Å²) < 4.78 is 17.5. The minimum atomic E-state index is -0.358. The quantitative estimate of drug-likeness (QED) is 0.486. The number of halogens is 1. The number of amides is 1. The van der Waals surface area contributed by atoms with Crippen molar-refractivity contribution < 1.29 is 19.0 Å². The van der Waals surface area contributed by atoms with Crippen LogP contribution in [0, 0.1) is 5.92 Å². The maximum atomic E-state index is 13.7. The molecule has 1 atom stereocenters. The van der Waals surface area contributed by atoms with Gasteiger partial charge in [0, 0.05) is 27.9 Å². The molecule has 1 unspecified atom stereocenters. The Hall–Kier alpha value is -3.00. The first kappa shape index (κ1) is 22.2. The average Bonchev–Trinajstić information content (AvgIpc) is 3.31. The van der Waals surface area contributed by atoms with E-state index in [4.69, 9.17) is 14.2 Å². The van der Waals surface area contributed by atoms with Gasteiger partial charge in [-0.3, -0.25) is 14.8 Å². The van der Waals surface area contributed by atoms with Gasteiger partial charge < -0.3 is 14.2 Å². The fourth-order valence-corrected chi connectivity index (χ4v) is 4.73. The first-order valence-electron chi connectivity index (χ1n) is 10.4. The van der Waals surface area contributed by atoms with Crippen LogP contribution in [0.3, 0.4) is 0 Å². The summed E-state index contributed by atoms with van der Waals surface area (Å²) in [6.45, 7) is 4.29. The number of ether oxygens (including phenoxy) is 3. The van der Waals surface area contributed by atoms with E-state index in [9.17, 15) is 4.79 Å².